The van der Waals surface area contributed by atoms with Crippen LogP contribution in [0.3, 0.4) is 0 Å². The molecular weight excluding hydrogens is 316 g/mol. The van der Waals surface area contributed by atoms with Crippen molar-refractivity contribution in [1.82, 2.24) is 0 Å². The van der Waals surface area contributed by atoms with Crippen LogP contribution < -0.4 is 19.1 Å². The maximum atomic E-state index is 9.41. The molecule has 0 aliphatic heterocycles. The average molecular weight is 338 g/mol. The number of rotatable bonds is 6. The maximum Gasteiger partial charge on any atom is 0.203 e. The summed E-state index contributed by atoms with van der Waals surface area (Å²) in [4.78, 5) is 1.91. The topological polar surface area (TPSA) is 54.7 Å². The molecule has 0 saturated heterocycles. The van der Waals surface area contributed by atoms with Gasteiger partial charge in [0.2, 0.25) is 5.75 Å². The van der Waals surface area contributed by atoms with Crippen LogP contribution in [0.1, 0.15) is 16.7 Å². The van der Waals surface area contributed by atoms with Crippen LogP contribution in [-0.4, -0.2) is 35.4 Å². The first-order chi connectivity index (χ1) is 12.0. The van der Waals surface area contributed by atoms with Gasteiger partial charge in [0.05, 0.1) is 32.6 Å². The summed E-state index contributed by atoms with van der Waals surface area (Å²) in [5.74, 6) is 1.65. The Morgan fingerprint density at radius 2 is 1.56 bits per heavy atom. The highest BCUT2D eigenvalue weighted by atomic mass is 16.5. The van der Waals surface area contributed by atoms with Gasteiger partial charge in [-0.2, -0.15) is 5.26 Å². The number of nitriles is 1. The quantitative estimate of drug-likeness (QED) is 0.803. The fraction of sp³-hybridized carbons (Fsp3) is 0.250. The minimum absolute atomic E-state index is 0.530. The number of ether oxygens (including phenoxy) is 3. The molecule has 0 aromatic heterocycles. The van der Waals surface area contributed by atoms with Crippen LogP contribution in [0.5, 0.6) is 17.2 Å². The summed E-state index contributed by atoms with van der Waals surface area (Å²) in [5, 5.41) is 9.41. The summed E-state index contributed by atoms with van der Waals surface area (Å²) in [7, 11) is 8.52. The van der Waals surface area contributed by atoms with Gasteiger partial charge in [-0.1, -0.05) is 12.6 Å². The van der Waals surface area contributed by atoms with E-state index in [2.05, 4.69) is 12.6 Å². The second-order valence-electron chi connectivity index (χ2n) is 5.63. The normalized spacial score (nSPS) is 9.92. The minimum atomic E-state index is 0.530. The standard InChI is InChI=1S/C20H22N2O3/c1-13(14-7-8-17(22(2)3)16(9-14)12-21)15-10-18(23-4)20(25-6)19(11-15)24-5/h7-11H,1H2,2-6H3. The molecule has 0 radical (unpaired) electrons. The Bertz CT molecular complexity index is 810. The maximum absolute atomic E-state index is 9.41. The van der Waals surface area contributed by atoms with Gasteiger partial charge in [0.15, 0.2) is 11.5 Å². The fourth-order valence-electron chi connectivity index (χ4n) is 2.63. The van der Waals surface area contributed by atoms with E-state index in [4.69, 9.17) is 14.2 Å². The Morgan fingerprint density at radius 1 is 0.960 bits per heavy atom. The Labute approximate surface area is 148 Å². The number of nitrogens with zero attached hydrogens (tertiary/aromatic N) is 2. The average Bonchev–Trinajstić information content (AvgIpc) is 2.65. The summed E-state index contributed by atoms with van der Waals surface area (Å²) >= 11 is 0. The molecule has 0 heterocycles. The van der Waals surface area contributed by atoms with Crippen molar-refractivity contribution in [2.75, 3.05) is 40.3 Å². The summed E-state index contributed by atoms with van der Waals surface area (Å²) in [6.07, 6.45) is 0. The second-order valence-corrected chi connectivity index (χ2v) is 5.63. The molecule has 5 nitrogen and oxygen atoms in total. The predicted octanol–water partition coefficient (Wildman–Crippen LogP) is 3.71. The molecule has 2 aromatic carbocycles. The van der Waals surface area contributed by atoms with Gasteiger partial charge in [0, 0.05) is 14.1 Å². The molecule has 5 heteroatoms. The van der Waals surface area contributed by atoms with Crippen LogP contribution >= 0.6 is 0 Å². The van der Waals surface area contributed by atoms with E-state index in [1.54, 1.807) is 21.3 Å². The molecule has 0 amide bonds. The van der Waals surface area contributed by atoms with Crippen LogP contribution in [0.25, 0.3) is 5.57 Å². The highest BCUT2D eigenvalue weighted by Gasteiger charge is 2.16. The van der Waals surface area contributed by atoms with E-state index in [1.807, 2.05) is 49.3 Å². The highest BCUT2D eigenvalue weighted by Crippen LogP contribution is 2.41. The molecular formula is C20H22N2O3. The van der Waals surface area contributed by atoms with Crippen molar-refractivity contribution in [2.45, 2.75) is 0 Å². The zero-order chi connectivity index (χ0) is 18.6. The molecule has 0 aliphatic carbocycles. The fourth-order valence-corrected chi connectivity index (χ4v) is 2.63. The monoisotopic (exact) mass is 338 g/mol. The third-order valence-electron chi connectivity index (χ3n) is 3.96. The van der Waals surface area contributed by atoms with Crippen LogP contribution in [-0.2, 0) is 0 Å². The van der Waals surface area contributed by atoms with Crippen LogP contribution in [0.15, 0.2) is 36.9 Å². The Hall–Kier alpha value is -3.13. The second kappa shape index (κ2) is 7.63. The first-order valence-electron chi connectivity index (χ1n) is 7.68. The largest absolute Gasteiger partial charge is 0.493 e. The van der Waals surface area contributed by atoms with Gasteiger partial charge >= 0.3 is 0 Å². The Morgan fingerprint density at radius 3 is 2.00 bits per heavy atom. The lowest BCUT2D eigenvalue weighted by Crippen LogP contribution is -2.10. The summed E-state index contributed by atoms with van der Waals surface area (Å²) in [6.45, 7) is 4.18. The molecule has 2 aromatic rings. The number of hydrogen-bond acceptors (Lipinski definition) is 5. The lowest BCUT2D eigenvalue weighted by atomic mass is 9.96. The highest BCUT2D eigenvalue weighted by molar-refractivity contribution is 5.82. The molecule has 0 bridgehead atoms. The Balaban J connectivity index is 2.53. The van der Waals surface area contributed by atoms with Gasteiger partial charge in [0.1, 0.15) is 6.07 Å². The Kier molecular flexibility index (Phi) is 5.56. The van der Waals surface area contributed by atoms with Crippen LogP contribution in [0.2, 0.25) is 0 Å². The van der Waals surface area contributed by atoms with Crippen molar-refractivity contribution in [1.29, 1.82) is 5.26 Å². The molecule has 0 fully saturated rings. The summed E-state index contributed by atoms with van der Waals surface area (Å²) in [5.41, 5.74) is 3.91. The van der Waals surface area contributed by atoms with E-state index in [9.17, 15) is 5.26 Å². The third kappa shape index (κ3) is 3.53. The molecule has 0 unspecified atom stereocenters. The minimum Gasteiger partial charge on any atom is -0.493 e. The number of anilines is 1. The molecule has 0 N–H and O–H groups in total. The first kappa shape index (κ1) is 18.2. The lowest BCUT2D eigenvalue weighted by Gasteiger charge is -2.17. The van der Waals surface area contributed by atoms with E-state index in [-0.39, 0.29) is 0 Å². The van der Waals surface area contributed by atoms with Gasteiger partial charge in [-0.15, -0.1) is 0 Å². The SMILES string of the molecule is C=C(c1ccc(N(C)C)c(C#N)c1)c1cc(OC)c(OC)c(OC)c1. The molecule has 0 atom stereocenters. The molecule has 2 rings (SSSR count). The number of hydrogen-bond donors (Lipinski definition) is 0. The summed E-state index contributed by atoms with van der Waals surface area (Å²) in [6, 6.07) is 11.6. The third-order valence-corrected chi connectivity index (χ3v) is 3.96. The number of benzene rings is 2. The van der Waals surface area contributed by atoms with E-state index in [0.29, 0.717) is 22.8 Å². The molecule has 130 valence electrons. The molecule has 0 spiro atoms. The van der Waals surface area contributed by atoms with Gasteiger partial charge in [-0.05, 0) is 41.0 Å². The van der Waals surface area contributed by atoms with Gasteiger partial charge in [-0.25, -0.2) is 0 Å². The van der Waals surface area contributed by atoms with Crippen LogP contribution in [0.4, 0.5) is 5.69 Å². The zero-order valence-corrected chi connectivity index (χ0v) is 15.2. The van der Waals surface area contributed by atoms with Crippen molar-refractivity contribution in [2.24, 2.45) is 0 Å². The molecule has 0 aliphatic rings. The van der Waals surface area contributed by atoms with Crippen molar-refractivity contribution in [3.05, 3.63) is 53.6 Å². The van der Waals surface area contributed by atoms with Crippen molar-refractivity contribution >= 4 is 11.3 Å². The van der Waals surface area contributed by atoms with E-state index in [1.165, 1.54) is 0 Å². The van der Waals surface area contributed by atoms with Crippen molar-refractivity contribution < 1.29 is 14.2 Å². The summed E-state index contributed by atoms with van der Waals surface area (Å²) < 4.78 is 16.1. The zero-order valence-electron chi connectivity index (χ0n) is 15.2. The van der Waals surface area contributed by atoms with Crippen molar-refractivity contribution in [3.63, 3.8) is 0 Å². The molecule has 0 saturated carbocycles. The van der Waals surface area contributed by atoms with E-state index < -0.39 is 0 Å². The van der Waals surface area contributed by atoms with Crippen LogP contribution in [0, 0.1) is 11.3 Å². The van der Waals surface area contributed by atoms with E-state index in [0.717, 1.165) is 22.4 Å². The van der Waals surface area contributed by atoms with Gasteiger partial charge in [0.25, 0.3) is 0 Å². The molecule has 25 heavy (non-hydrogen) atoms. The number of methoxy groups -OCH3 is 3. The predicted molar refractivity (Wildman–Crippen MR) is 99.7 cm³/mol. The van der Waals surface area contributed by atoms with Crippen molar-refractivity contribution in [3.8, 4) is 23.3 Å². The smallest absolute Gasteiger partial charge is 0.203 e. The van der Waals surface area contributed by atoms with Gasteiger partial charge < -0.3 is 19.1 Å². The lowest BCUT2D eigenvalue weighted by molar-refractivity contribution is 0.324. The van der Waals surface area contributed by atoms with Gasteiger partial charge in [-0.3, -0.25) is 0 Å². The first-order valence-corrected chi connectivity index (χ1v) is 7.68. The van der Waals surface area contributed by atoms with E-state index >= 15 is 0 Å².